The Hall–Kier alpha value is -2.06. The molecule has 7 nitrogen and oxygen atoms in total. The van der Waals surface area contributed by atoms with Gasteiger partial charge in [-0.3, -0.25) is 0 Å². The van der Waals surface area contributed by atoms with E-state index in [-0.39, 0.29) is 17.6 Å². The van der Waals surface area contributed by atoms with Crippen LogP contribution in [0, 0.1) is 5.92 Å². The standard InChI is InChI=1S/C17H21N5O2S/c1-11(2)9-25(23,24)22-6-4-12(8-22)16-15-13-3-5-18-17(13)19-7-14(15)20-10-21-16/h3,5,7,10-12H,4,6,8-9H2,1-2H3,(H,20,21). The Morgan fingerprint density at radius 2 is 2.16 bits per heavy atom. The highest BCUT2D eigenvalue weighted by Crippen LogP contribution is 2.34. The van der Waals surface area contributed by atoms with Gasteiger partial charge in [-0.2, -0.15) is 0 Å². The first-order valence-electron chi connectivity index (χ1n) is 8.50. The minimum Gasteiger partial charge on any atom is -0.349 e. The van der Waals surface area contributed by atoms with E-state index in [1.807, 2.05) is 19.9 Å². The first kappa shape index (κ1) is 16.4. The molecule has 0 bridgehead atoms. The molecule has 1 fully saturated rings. The Morgan fingerprint density at radius 3 is 2.96 bits per heavy atom. The second-order valence-corrected chi connectivity index (χ2v) is 9.05. The van der Waals surface area contributed by atoms with E-state index in [0.29, 0.717) is 18.7 Å². The first-order chi connectivity index (χ1) is 12.0. The Bertz CT molecular complexity index is 1030. The summed E-state index contributed by atoms with van der Waals surface area (Å²) in [5, 5.41) is 1.96. The summed E-state index contributed by atoms with van der Waals surface area (Å²) in [7, 11) is -3.21. The van der Waals surface area contributed by atoms with Crippen molar-refractivity contribution < 1.29 is 8.42 Å². The maximum absolute atomic E-state index is 12.5. The quantitative estimate of drug-likeness (QED) is 0.771. The summed E-state index contributed by atoms with van der Waals surface area (Å²) in [5.41, 5.74) is 2.52. The Morgan fingerprint density at radius 1 is 1.32 bits per heavy atom. The molecule has 25 heavy (non-hydrogen) atoms. The molecule has 0 aromatic carbocycles. The molecule has 1 aliphatic heterocycles. The van der Waals surface area contributed by atoms with Crippen molar-refractivity contribution in [1.29, 1.82) is 0 Å². The summed E-state index contributed by atoms with van der Waals surface area (Å²) in [5.74, 6) is 0.438. The molecular formula is C17H21N5O2S. The lowest BCUT2D eigenvalue weighted by molar-refractivity contribution is 0.465. The van der Waals surface area contributed by atoms with Crippen LogP contribution in [0.2, 0.25) is 0 Å². The van der Waals surface area contributed by atoms with Gasteiger partial charge >= 0.3 is 0 Å². The van der Waals surface area contributed by atoms with Gasteiger partial charge in [0.2, 0.25) is 10.0 Å². The van der Waals surface area contributed by atoms with Crippen molar-refractivity contribution in [3.05, 3.63) is 30.5 Å². The fourth-order valence-electron chi connectivity index (χ4n) is 3.64. The molecule has 1 saturated heterocycles. The van der Waals surface area contributed by atoms with Gasteiger partial charge in [0.1, 0.15) is 0 Å². The molecule has 1 N–H and O–H groups in total. The van der Waals surface area contributed by atoms with Crippen LogP contribution in [0.25, 0.3) is 21.9 Å². The van der Waals surface area contributed by atoms with Crippen molar-refractivity contribution in [2.45, 2.75) is 26.2 Å². The molecule has 0 radical (unpaired) electrons. The lowest BCUT2D eigenvalue weighted by Gasteiger charge is -2.18. The van der Waals surface area contributed by atoms with Gasteiger partial charge in [-0.05, 0) is 18.4 Å². The molecule has 8 heteroatoms. The number of H-pyrrole nitrogens is 1. The van der Waals surface area contributed by atoms with E-state index in [9.17, 15) is 8.42 Å². The zero-order valence-electron chi connectivity index (χ0n) is 14.3. The highest BCUT2D eigenvalue weighted by Gasteiger charge is 2.33. The number of pyridine rings is 1. The molecule has 3 aromatic rings. The average Bonchev–Trinajstić information content (AvgIpc) is 3.22. The van der Waals surface area contributed by atoms with Crippen molar-refractivity contribution in [2.75, 3.05) is 18.8 Å². The van der Waals surface area contributed by atoms with Crippen molar-refractivity contribution in [1.82, 2.24) is 24.2 Å². The minimum absolute atomic E-state index is 0.118. The lowest BCUT2D eigenvalue weighted by Crippen LogP contribution is -2.32. The molecule has 1 aliphatic rings. The SMILES string of the molecule is CC(C)CS(=O)(=O)N1CCC(c2[nH]cnc3cnc4nccc4c23)C1. The van der Waals surface area contributed by atoms with Crippen LogP contribution in [0.5, 0.6) is 0 Å². The molecular weight excluding hydrogens is 338 g/mol. The van der Waals surface area contributed by atoms with E-state index in [0.717, 1.165) is 28.4 Å². The molecule has 1 unspecified atom stereocenters. The molecule has 0 aliphatic carbocycles. The molecule has 4 heterocycles. The molecule has 132 valence electrons. The highest BCUT2D eigenvalue weighted by atomic mass is 32.2. The van der Waals surface area contributed by atoms with Crippen LogP contribution in [0.4, 0.5) is 0 Å². The van der Waals surface area contributed by atoms with E-state index < -0.39 is 10.0 Å². The Balaban J connectivity index is 1.73. The average molecular weight is 359 g/mol. The summed E-state index contributed by atoms with van der Waals surface area (Å²) in [6.07, 6.45) is 5.92. The number of fused-ring (bicyclic) bond motifs is 3. The van der Waals surface area contributed by atoms with E-state index in [1.165, 1.54) is 0 Å². The van der Waals surface area contributed by atoms with Crippen molar-refractivity contribution in [2.24, 2.45) is 5.92 Å². The maximum atomic E-state index is 12.5. The topological polar surface area (TPSA) is 91.8 Å². The van der Waals surface area contributed by atoms with Crippen LogP contribution in [0.1, 0.15) is 31.9 Å². The summed E-state index contributed by atoms with van der Waals surface area (Å²) < 4.78 is 26.7. The van der Waals surface area contributed by atoms with Crippen LogP contribution in [-0.2, 0) is 10.0 Å². The van der Waals surface area contributed by atoms with Gasteiger partial charge in [-0.25, -0.2) is 27.7 Å². The molecule has 1 atom stereocenters. The summed E-state index contributed by atoms with van der Waals surface area (Å²) in [4.78, 5) is 16.2. The van der Waals surface area contributed by atoms with Gasteiger partial charge in [0.25, 0.3) is 0 Å². The largest absolute Gasteiger partial charge is 0.349 e. The third-order valence-electron chi connectivity index (χ3n) is 4.70. The van der Waals surface area contributed by atoms with Crippen LogP contribution < -0.4 is 0 Å². The van der Waals surface area contributed by atoms with Gasteiger partial charge < -0.3 is 4.98 Å². The third-order valence-corrected chi connectivity index (χ3v) is 6.91. The monoisotopic (exact) mass is 359 g/mol. The zero-order chi connectivity index (χ0) is 17.6. The van der Waals surface area contributed by atoms with Crippen LogP contribution in [0.15, 0.2) is 24.8 Å². The van der Waals surface area contributed by atoms with Gasteiger partial charge in [-0.1, -0.05) is 13.8 Å². The van der Waals surface area contributed by atoms with Crippen molar-refractivity contribution in [3.8, 4) is 0 Å². The minimum atomic E-state index is -3.21. The number of aromatic nitrogens is 4. The molecule has 0 saturated carbocycles. The first-order valence-corrected chi connectivity index (χ1v) is 10.1. The van der Waals surface area contributed by atoms with Crippen LogP contribution in [-0.4, -0.2) is 51.5 Å². The second kappa shape index (κ2) is 6.03. The highest BCUT2D eigenvalue weighted by molar-refractivity contribution is 7.89. The predicted molar refractivity (Wildman–Crippen MR) is 96.7 cm³/mol. The number of rotatable bonds is 4. The molecule has 0 amide bonds. The maximum Gasteiger partial charge on any atom is 0.214 e. The van der Waals surface area contributed by atoms with E-state index >= 15 is 0 Å². The van der Waals surface area contributed by atoms with Gasteiger partial charge in [0.05, 0.1) is 23.8 Å². The Labute approximate surface area is 146 Å². The second-order valence-electron chi connectivity index (χ2n) is 7.03. The molecule has 3 aromatic heterocycles. The summed E-state index contributed by atoms with van der Waals surface area (Å²) >= 11 is 0. The van der Waals surface area contributed by atoms with Crippen LogP contribution in [0.3, 0.4) is 0 Å². The fourth-order valence-corrected chi connectivity index (χ4v) is 5.48. The number of aromatic amines is 1. The van der Waals surface area contributed by atoms with Gasteiger partial charge in [-0.15, -0.1) is 0 Å². The fraction of sp³-hybridized carbons (Fsp3) is 0.471. The van der Waals surface area contributed by atoms with Crippen molar-refractivity contribution in [3.63, 3.8) is 0 Å². The smallest absolute Gasteiger partial charge is 0.214 e. The number of sulfonamides is 1. The Kier molecular flexibility index (Phi) is 3.96. The van der Waals surface area contributed by atoms with E-state index in [2.05, 4.69) is 19.9 Å². The third kappa shape index (κ3) is 2.89. The van der Waals surface area contributed by atoms with E-state index in [1.54, 1.807) is 23.0 Å². The summed E-state index contributed by atoms with van der Waals surface area (Å²) in [6.45, 7) is 4.93. The van der Waals surface area contributed by atoms with Crippen LogP contribution >= 0.6 is 0 Å². The van der Waals surface area contributed by atoms with Crippen molar-refractivity contribution >= 4 is 32.0 Å². The van der Waals surface area contributed by atoms with Gasteiger partial charge in [0, 0.05) is 41.7 Å². The molecule has 0 spiro atoms. The lowest BCUT2D eigenvalue weighted by atomic mass is 9.99. The predicted octanol–water partition coefficient (Wildman–Crippen LogP) is 2.28. The zero-order valence-corrected chi connectivity index (χ0v) is 15.1. The van der Waals surface area contributed by atoms with Gasteiger partial charge in [0.15, 0.2) is 5.65 Å². The number of hydrogen-bond donors (Lipinski definition) is 1. The van der Waals surface area contributed by atoms with E-state index in [4.69, 9.17) is 0 Å². The number of nitrogens with zero attached hydrogens (tertiary/aromatic N) is 4. The normalized spacial score (nSPS) is 19.4. The number of nitrogens with one attached hydrogen (secondary N) is 1. The summed E-state index contributed by atoms with van der Waals surface area (Å²) in [6, 6.07) is 1.94. The number of hydrogen-bond acceptors (Lipinski definition) is 5. The molecule has 4 rings (SSSR count).